The number of amides is 1. The monoisotopic (exact) mass is 379 g/mol. The summed E-state index contributed by atoms with van der Waals surface area (Å²) >= 11 is 0. The summed E-state index contributed by atoms with van der Waals surface area (Å²) in [6.45, 7) is 0. The third-order valence-corrected chi connectivity index (χ3v) is 4.51. The van der Waals surface area contributed by atoms with Gasteiger partial charge in [-0.15, -0.1) is 13.2 Å². The van der Waals surface area contributed by atoms with Crippen LogP contribution in [0, 0.1) is 0 Å². The summed E-state index contributed by atoms with van der Waals surface area (Å²) in [4.78, 5) is 12.3. The molecule has 0 unspecified atom stereocenters. The van der Waals surface area contributed by atoms with Crippen LogP contribution in [0.1, 0.15) is 36.0 Å². The molecule has 1 saturated carbocycles. The van der Waals surface area contributed by atoms with Crippen LogP contribution in [0.25, 0.3) is 0 Å². The van der Waals surface area contributed by atoms with Crippen LogP contribution in [-0.4, -0.2) is 18.1 Å². The Labute approximate surface area is 153 Å². The Balaban J connectivity index is 1.43. The number of ether oxygens (including phenoxy) is 3. The lowest BCUT2D eigenvalue weighted by molar-refractivity contribution is -0.274. The van der Waals surface area contributed by atoms with Gasteiger partial charge >= 0.3 is 6.36 Å². The molecule has 2 aromatic rings. The number of fused-ring (bicyclic) bond motifs is 1. The van der Waals surface area contributed by atoms with Gasteiger partial charge in [0.05, 0.1) is 0 Å². The first-order chi connectivity index (χ1) is 12.8. The van der Waals surface area contributed by atoms with Gasteiger partial charge in [0.2, 0.25) is 0 Å². The van der Waals surface area contributed by atoms with Gasteiger partial charge in [0.15, 0.2) is 11.5 Å². The van der Waals surface area contributed by atoms with Gasteiger partial charge < -0.3 is 19.5 Å². The standard InChI is InChI=1S/C19H16F3NO4/c20-19(21,22)25-14-6-3-12(4-7-14)17(24)23-13-5-8-15-16(11-13)27-18(26-15)9-1-2-10-18/h3-8,11H,1-2,9-10H2,(H,23,24). The van der Waals surface area contributed by atoms with Gasteiger partial charge in [-0.2, -0.15) is 0 Å². The Morgan fingerprint density at radius 1 is 1.00 bits per heavy atom. The van der Waals surface area contributed by atoms with Crippen molar-refractivity contribution in [2.75, 3.05) is 5.32 Å². The number of carbonyl (C=O) groups is 1. The summed E-state index contributed by atoms with van der Waals surface area (Å²) in [5.41, 5.74) is 0.711. The fourth-order valence-corrected chi connectivity index (χ4v) is 3.30. The highest BCUT2D eigenvalue weighted by Gasteiger charge is 2.44. The van der Waals surface area contributed by atoms with Crippen LogP contribution in [0.5, 0.6) is 17.2 Å². The van der Waals surface area contributed by atoms with Crippen molar-refractivity contribution >= 4 is 11.6 Å². The molecule has 0 radical (unpaired) electrons. The zero-order chi connectivity index (χ0) is 19.1. The van der Waals surface area contributed by atoms with Crippen molar-refractivity contribution in [2.45, 2.75) is 37.8 Å². The van der Waals surface area contributed by atoms with E-state index in [0.717, 1.165) is 37.8 Å². The van der Waals surface area contributed by atoms with Crippen LogP contribution in [0.15, 0.2) is 42.5 Å². The molecule has 1 N–H and O–H groups in total. The van der Waals surface area contributed by atoms with Gasteiger partial charge in [-0.25, -0.2) is 0 Å². The van der Waals surface area contributed by atoms with Gasteiger partial charge in [0.1, 0.15) is 5.75 Å². The first-order valence-corrected chi connectivity index (χ1v) is 8.51. The molecule has 1 fully saturated rings. The highest BCUT2D eigenvalue weighted by atomic mass is 19.4. The van der Waals surface area contributed by atoms with E-state index in [0.29, 0.717) is 17.2 Å². The Hall–Kier alpha value is -2.90. The second kappa shape index (κ2) is 6.37. The van der Waals surface area contributed by atoms with E-state index in [1.165, 1.54) is 12.1 Å². The molecule has 2 aliphatic rings. The molecule has 0 aromatic heterocycles. The number of alkyl halides is 3. The molecular formula is C19H16F3NO4. The molecule has 1 amide bonds. The minimum atomic E-state index is -4.77. The molecule has 1 aliphatic carbocycles. The summed E-state index contributed by atoms with van der Waals surface area (Å²) in [6.07, 6.45) is -1.02. The van der Waals surface area contributed by atoms with Crippen LogP contribution in [0.2, 0.25) is 0 Å². The van der Waals surface area contributed by atoms with Gasteiger partial charge in [-0.3, -0.25) is 4.79 Å². The number of carbonyl (C=O) groups excluding carboxylic acids is 1. The molecular weight excluding hydrogens is 363 g/mol. The van der Waals surface area contributed by atoms with Crippen molar-refractivity contribution in [3.63, 3.8) is 0 Å². The number of hydrogen-bond donors (Lipinski definition) is 1. The van der Waals surface area contributed by atoms with Crippen LogP contribution < -0.4 is 19.5 Å². The number of nitrogens with one attached hydrogen (secondary N) is 1. The first kappa shape index (κ1) is 17.5. The summed E-state index contributed by atoms with van der Waals surface area (Å²) in [5.74, 6) is -0.210. The first-order valence-electron chi connectivity index (χ1n) is 8.51. The quantitative estimate of drug-likeness (QED) is 0.826. The van der Waals surface area contributed by atoms with Crippen LogP contribution in [0.4, 0.5) is 18.9 Å². The maximum Gasteiger partial charge on any atom is 0.573 e. The number of hydrogen-bond acceptors (Lipinski definition) is 4. The maximum absolute atomic E-state index is 12.3. The van der Waals surface area contributed by atoms with Crippen molar-refractivity contribution in [2.24, 2.45) is 0 Å². The molecule has 1 heterocycles. The smallest absolute Gasteiger partial charge is 0.448 e. The molecule has 27 heavy (non-hydrogen) atoms. The molecule has 1 spiro atoms. The van der Waals surface area contributed by atoms with E-state index >= 15 is 0 Å². The van der Waals surface area contributed by atoms with Gasteiger partial charge in [-0.1, -0.05) is 0 Å². The minimum absolute atomic E-state index is 0.203. The largest absolute Gasteiger partial charge is 0.573 e. The topological polar surface area (TPSA) is 56.8 Å². The van der Waals surface area contributed by atoms with Crippen molar-refractivity contribution in [3.8, 4) is 17.2 Å². The Bertz CT molecular complexity index is 858. The zero-order valence-electron chi connectivity index (χ0n) is 14.1. The number of rotatable bonds is 3. The average molecular weight is 379 g/mol. The van der Waals surface area contributed by atoms with Crippen molar-refractivity contribution in [3.05, 3.63) is 48.0 Å². The molecule has 0 bridgehead atoms. The van der Waals surface area contributed by atoms with E-state index in [2.05, 4.69) is 10.1 Å². The third kappa shape index (κ3) is 3.79. The van der Waals surface area contributed by atoms with Crippen LogP contribution >= 0.6 is 0 Å². The van der Waals surface area contributed by atoms with E-state index in [1.807, 2.05) is 0 Å². The second-order valence-electron chi connectivity index (χ2n) is 6.51. The van der Waals surface area contributed by atoms with E-state index in [1.54, 1.807) is 18.2 Å². The molecule has 4 rings (SSSR count). The van der Waals surface area contributed by atoms with E-state index in [9.17, 15) is 18.0 Å². The predicted molar refractivity (Wildman–Crippen MR) is 90.0 cm³/mol. The fourth-order valence-electron chi connectivity index (χ4n) is 3.30. The third-order valence-electron chi connectivity index (χ3n) is 4.51. The molecule has 0 saturated heterocycles. The maximum atomic E-state index is 12.3. The summed E-state index contributed by atoms with van der Waals surface area (Å²) in [7, 11) is 0. The lowest BCUT2D eigenvalue weighted by atomic mass is 10.2. The van der Waals surface area contributed by atoms with E-state index < -0.39 is 18.1 Å². The average Bonchev–Trinajstić information content (AvgIpc) is 3.19. The SMILES string of the molecule is O=C(Nc1ccc2c(c1)OC1(CCCC1)O2)c1ccc(OC(F)(F)F)cc1. The highest BCUT2D eigenvalue weighted by molar-refractivity contribution is 6.04. The van der Waals surface area contributed by atoms with Crippen molar-refractivity contribution in [1.29, 1.82) is 0 Å². The molecule has 0 atom stereocenters. The van der Waals surface area contributed by atoms with Crippen LogP contribution in [-0.2, 0) is 0 Å². The molecule has 8 heteroatoms. The molecule has 2 aromatic carbocycles. The Morgan fingerprint density at radius 3 is 2.33 bits per heavy atom. The highest BCUT2D eigenvalue weighted by Crippen LogP contribution is 2.47. The lowest BCUT2D eigenvalue weighted by Crippen LogP contribution is -2.34. The van der Waals surface area contributed by atoms with E-state index in [4.69, 9.17) is 9.47 Å². The zero-order valence-corrected chi connectivity index (χ0v) is 14.1. The summed E-state index contributed by atoms with van der Waals surface area (Å²) in [6, 6.07) is 9.81. The van der Waals surface area contributed by atoms with Gasteiger partial charge in [-0.05, 0) is 49.2 Å². The fraction of sp³-hybridized carbons (Fsp3) is 0.316. The second-order valence-corrected chi connectivity index (χ2v) is 6.51. The van der Waals surface area contributed by atoms with Crippen molar-refractivity contribution < 1.29 is 32.2 Å². The number of benzene rings is 2. The number of anilines is 1. The number of halogens is 3. The lowest BCUT2D eigenvalue weighted by Gasteiger charge is -2.21. The van der Waals surface area contributed by atoms with Crippen LogP contribution in [0.3, 0.4) is 0 Å². The van der Waals surface area contributed by atoms with E-state index in [-0.39, 0.29) is 11.3 Å². The minimum Gasteiger partial charge on any atom is -0.448 e. The van der Waals surface area contributed by atoms with Crippen molar-refractivity contribution in [1.82, 2.24) is 0 Å². The normalized spacial score (nSPS) is 17.1. The molecule has 142 valence electrons. The summed E-state index contributed by atoms with van der Waals surface area (Å²) < 4.78 is 52.2. The Kier molecular flexibility index (Phi) is 4.13. The molecule has 5 nitrogen and oxygen atoms in total. The predicted octanol–water partition coefficient (Wildman–Crippen LogP) is 4.88. The Morgan fingerprint density at radius 2 is 1.67 bits per heavy atom. The van der Waals surface area contributed by atoms with Gasteiger partial charge in [0, 0.05) is 30.2 Å². The molecule has 1 aliphatic heterocycles. The van der Waals surface area contributed by atoms with Gasteiger partial charge in [0.25, 0.3) is 11.7 Å². The summed E-state index contributed by atoms with van der Waals surface area (Å²) in [5, 5.41) is 2.70.